The maximum atomic E-state index is 13.2. The second-order valence-electron chi connectivity index (χ2n) is 5.89. The smallest absolute Gasteiger partial charge is 0.339 e. The molecule has 108 valence electrons. The summed E-state index contributed by atoms with van der Waals surface area (Å²) in [6.45, 7) is 0.462. The van der Waals surface area contributed by atoms with Gasteiger partial charge in [-0.3, -0.25) is 0 Å². The minimum atomic E-state index is -0.540. The third-order valence-electron chi connectivity index (χ3n) is 4.62. The molecule has 2 aliphatic rings. The number of nitrogens with two attached hydrogens (primary N) is 1. The van der Waals surface area contributed by atoms with Crippen LogP contribution < -0.4 is 5.73 Å². The van der Waals surface area contributed by atoms with Crippen molar-refractivity contribution in [1.29, 1.82) is 0 Å². The van der Waals surface area contributed by atoms with Gasteiger partial charge in [-0.05, 0) is 65.1 Å². The van der Waals surface area contributed by atoms with Crippen LogP contribution in [0, 0.1) is 23.6 Å². The number of fused-ring (bicyclic) bond motifs is 2. The predicted molar refractivity (Wildman–Crippen MR) is 77.7 cm³/mol. The molecule has 20 heavy (non-hydrogen) atoms. The Morgan fingerprint density at radius 1 is 1.40 bits per heavy atom. The van der Waals surface area contributed by atoms with E-state index in [1.165, 1.54) is 37.8 Å². The van der Waals surface area contributed by atoms with Crippen LogP contribution in [-0.4, -0.2) is 12.6 Å². The van der Waals surface area contributed by atoms with Gasteiger partial charge in [-0.25, -0.2) is 9.18 Å². The second-order valence-corrected chi connectivity index (χ2v) is 6.74. The first-order valence-electron chi connectivity index (χ1n) is 6.96. The van der Waals surface area contributed by atoms with Crippen LogP contribution in [-0.2, 0) is 4.74 Å². The molecular formula is C15H17BrFNO2. The highest BCUT2D eigenvalue weighted by molar-refractivity contribution is 9.10. The number of nitrogen functional groups attached to an aromatic ring is 1. The van der Waals surface area contributed by atoms with Gasteiger partial charge < -0.3 is 10.5 Å². The zero-order valence-corrected chi connectivity index (χ0v) is 12.7. The second kappa shape index (κ2) is 5.35. The van der Waals surface area contributed by atoms with Gasteiger partial charge in [-0.1, -0.05) is 6.42 Å². The van der Waals surface area contributed by atoms with Crippen LogP contribution in [0.15, 0.2) is 16.6 Å². The Morgan fingerprint density at radius 2 is 2.20 bits per heavy atom. The van der Waals surface area contributed by atoms with E-state index in [9.17, 15) is 9.18 Å². The summed E-state index contributed by atoms with van der Waals surface area (Å²) < 4.78 is 19.0. The Kier molecular flexibility index (Phi) is 3.71. The molecule has 2 N–H and O–H groups in total. The minimum absolute atomic E-state index is 0.0416. The maximum Gasteiger partial charge on any atom is 0.339 e. The van der Waals surface area contributed by atoms with Crippen LogP contribution in [0.25, 0.3) is 0 Å². The van der Waals surface area contributed by atoms with Gasteiger partial charge in [0.05, 0.1) is 17.9 Å². The number of hydrogen-bond acceptors (Lipinski definition) is 3. The molecule has 0 heterocycles. The fourth-order valence-electron chi connectivity index (χ4n) is 3.56. The maximum absolute atomic E-state index is 13.2. The van der Waals surface area contributed by atoms with E-state index < -0.39 is 11.8 Å². The van der Waals surface area contributed by atoms with E-state index in [0.717, 1.165) is 11.8 Å². The number of esters is 1. The predicted octanol–water partition coefficient (Wildman–Crippen LogP) is 3.76. The number of benzene rings is 1. The number of carbonyl (C=O) groups excluding carboxylic acids is 1. The number of anilines is 1. The van der Waals surface area contributed by atoms with Crippen molar-refractivity contribution in [2.45, 2.75) is 25.7 Å². The van der Waals surface area contributed by atoms with Crippen LogP contribution in [0.2, 0.25) is 0 Å². The van der Waals surface area contributed by atoms with Gasteiger partial charge >= 0.3 is 5.97 Å². The molecule has 0 amide bonds. The van der Waals surface area contributed by atoms with Crippen molar-refractivity contribution >= 4 is 27.6 Å². The highest BCUT2D eigenvalue weighted by Gasteiger charge is 2.39. The number of carbonyl (C=O) groups is 1. The van der Waals surface area contributed by atoms with Crippen LogP contribution in [0.1, 0.15) is 36.0 Å². The summed E-state index contributed by atoms with van der Waals surface area (Å²) in [5, 5.41) is 0. The first-order valence-corrected chi connectivity index (χ1v) is 7.75. The SMILES string of the molecule is Nc1cc(C(=O)OCC2CC3CCC2C3)c(Br)cc1F. The molecule has 0 spiro atoms. The van der Waals surface area contributed by atoms with Crippen molar-refractivity contribution in [1.82, 2.24) is 0 Å². The Morgan fingerprint density at radius 3 is 2.85 bits per heavy atom. The number of hydrogen-bond donors (Lipinski definition) is 1. The van der Waals surface area contributed by atoms with Crippen molar-refractivity contribution in [3.05, 3.63) is 28.0 Å². The highest BCUT2D eigenvalue weighted by atomic mass is 79.9. The Balaban J connectivity index is 1.63. The normalized spacial score (nSPS) is 27.8. The summed E-state index contributed by atoms with van der Waals surface area (Å²) in [6, 6.07) is 2.52. The highest BCUT2D eigenvalue weighted by Crippen LogP contribution is 2.48. The summed E-state index contributed by atoms with van der Waals surface area (Å²) in [5.74, 6) is 1.06. The number of ether oxygens (including phenoxy) is 1. The van der Waals surface area contributed by atoms with Crippen LogP contribution in [0.4, 0.5) is 10.1 Å². The molecule has 1 aromatic rings. The van der Waals surface area contributed by atoms with E-state index in [4.69, 9.17) is 10.5 Å². The summed E-state index contributed by atoms with van der Waals surface area (Å²) in [6.07, 6.45) is 5.05. The van der Waals surface area contributed by atoms with E-state index in [0.29, 0.717) is 17.0 Å². The van der Waals surface area contributed by atoms with Crippen molar-refractivity contribution < 1.29 is 13.9 Å². The number of rotatable bonds is 3. The van der Waals surface area contributed by atoms with Gasteiger partial charge in [-0.2, -0.15) is 0 Å². The zero-order valence-electron chi connectivity index (χ0n) is 11.1. The van der Waals surface area contributed by atoms with E-state index >= 15 is 0 Å². The summed E-state index contributed by atoms with van der Waals surface area (Å²) in [4.78, 5) is 12.1. The summed E-state index contributed by atoms with van der Waals surface area (Å²) >= 11 is 3.17. The quantitative estimate of drug-likeness (QED) is 0.672. The standard InChI is InChI=1S/C15H17BrFNO2/c16-12-6-13(17)14(18)5-11(12)15(19)20-7-10-4-8-1-2-9(10)3-8/h5-6,8-10H,1-4,7,18H2. The average molecular weight is 342 g/mol. The summed E-state index contributed by atoms with van der Waals surface area (Å²) in [5.41, 5.74) is 5.73. The number of halogens is 2. The molecule has 0 radical (unpaired) electrons. The van der Waals surface area contributed by atoms with E-state index in [1.54, 1.807) is 0 Å². The minimum Gasteiger partial charge on any atom is -0.462 e. The molecule has 2 fully saturated rings. The Bertz CT molecular complexity index is 549. The Labute approximate surface area is 125 Å². The van der Waals surface area contributed by atoms with Crippen LogP contribution in [0.3, 0.4) is 0 Å². The van der Waals surface area contributed by atoms with Gasteiger partial charge in [0.25, 0.3) is 0 Å². The monoisotopic (exact) mass is 341 g/mol. The van der Waals surface area contributed by atoms with Crippen LogP contribution >= 0.6 is 15.9 Å². The lowest BCUT2D eigenvalue weighted by Crippen LogP contribution is -2.19. The molecule has 0 saturated heterocycles. The first-order chi connectivity index (χ1) is 9.54. The van der Waals surface area contributed by atoms with Crippen LogP contribution in [0.5, 0.6) is 0 Å². The van der Waals surface area contributed by atoms with Gasteiger partial charge in [-0.15, -0.1) is 0 Å². The molecule has 2 saturated carbocycles. The molecule has 2 aliphatic carbocycles. The summed E-state index contributed by atoms with van der Waals surface area (Å²) in [7, 11) is 0. The third kappa shape index (κ3) is 2.55. The lowest BCUT2D eigenvalue weighted by Gasteiger charge is -2.21. The van der Waals surface area contributed by atoms with Gasteiger partial charge in [0.2, 0.25) is 0 Å². The van der Waals surface area contributed by atoms with Gasteiger partial charge in [0.15, 0.2) is 0 Å². The topological polar surface area (TPSA) is 52.3 Å². The lowest BCUT2D eigenvalue weighted by atomic mass is 9.89. The van der Waals surface area contributed by atoms with Gasteiger partial charge in [0.1, 0.15) is 5.82 Å². The molecule has 5 heteroatoms. The van der Waals surface area contributed by atoms with E-state index in [1.807, 2.05) is 0 Å². The fourth-order valence-corrected chi connectivity index (χ4v) is 4.04. The Hall–Kier alpha value is -1.10. The van der Waals surface area contributed by atoms with E-state index in [2.05, 4.69) is 15.9 Å². The largest absolute Gasteiger partial charge is 0.462 e. The molecule has 2 bridgehead atoms. The average Bonchev–Trinajstić information content (AvgIpc) is 3.02. The molecular weight excluding hydrogens is 325 g/mol. The lowest BCUT2D eigenvalue weighted by molar-refractivity contribution is 0.0393. The fraction of sp³-hybridized carbons (Fsp3) is 0.533. The van der Waals surface area contributed by atoms with Crippen molar-refractivity contribution in [3.63, 3.8) is 0 Å². The van der Waals surface area contributed by atoms with Crippen molar-refractivity contribution in [3.8, 4) is 0 Å². The van der Waals surface area contributed by atoms with Gasteiger partial charge in [0, 0.05) is 4.47 Å². The molecule has 3 rings (SSSR count). The molecule has 0 aromatic heterocycles. The third-order valence-corrected chi connectivity index (χ3v) is 5.28. The molecule has 0 aliphatic heterocycles. The van der Waals surface area contributed by atoms with E-state index in [-0.39, 0.29) is 11.3 Å². The first kappa shape index (κ1) is 13.9. The molecule has 3 nitrogen and oxygen atoms in total. The molecule has 1 aromatic carbocycles. The van der Waals surface area contributed by atoms with Crippen molar-refractivity contribution in [2.75, 3.05) is 12.3 Å². The zero-order chi connectivity index (χ0) is 14.3. The van der Waals surface area contributed by atoms with Crippen molar-refractivity contribution in [2.24, 2.45) is 17.8 Å². The molecule has 3 unspecified atom stereocenters. The molecule has 3 atom stereocenters.